The molecular weight excluding hydrogens is 240 g/mol. The molecule has 0 aliphatic heterocycles. The Morgan fingerprint density at radius 3 is 2.50 bits per heavy atom. The standard InChI is InChI=1S/C11H12N2O5/c1-7(14)12-10-3-9(6-18-8(2)15)4-11(5-10)13(16)17/h3-5H,6H2,1-2H3,(H,12,14). The van der Waals surface area contributed by atoms with Gasteiger partial charge < -0.3 is 10.1 Å². The number of amides is 1. The number of carbonyl (C=O) groups excluding carboxylic acids is 2. The Hall–Kier alpha value is -2.44. The van der Waals surface area contributed by atoms with Crippen molar-refractivity contribution in [3.63, 3.8) is 0 Å². The van der Waals surface area contributed by atoms with Crippen molar-refractivity contribution in [2.75, 3.05) is 5.32 Å². The molecule has 1 aromatic rings. The summed E-state index contributed by atoms with van der Waals surface area (Å²) < 4.78 is 4.75. The minimum atomic E-state index is -0.581. The molecule has 7 heteroatoms. The van der Waals surface area contributed by atoms with E-state index in [4.69, 9.17) is 4.74 Å². The average Bonchev–Trinajstić information content (AvgIpc) is 2.25. The Morgan fingerprint density at radius 1 is 1.33 bits per heavy atom. The number of anilines is 1. The molecule has 0 unspecified atom stereocenters. The monoisotopic (exact) mass is 252 g/mol. The maximum atomic E-state index is 10.9. The summed E-state index contributed by atoms with van der Waals surface area (Å²) in [6.45, 7) is 2.46. The molecule has 7 nitrogen and oxygen atoms in total. The van der Waals surface area contributed by atoms with E-state index in [9.17, 15) is 19.7 Å². The van der Waals surface area contributed by atoms with Crippen LogP contribution in [0.1, 0.15) is 19.4 Å². The van der Waals surface area contributed by atoms with Gasteiger partial charge in [0.15, 0.2) is 0 Å². The Balaban J connectivity index is 3.01. The van der Waals surface area contributed by atoms with Crippen LogP contribution in [0.3, 0.4) is 0 Å². The van der Waals surface area contributed by atoms with E-state index in [0.717, 1.165) is 0 Å². The zero-order chi connectivity index (χ0) is 13.7. The first-order valence-corrected chi connectivity index (χ1v) is 5.08. The van der Waals surface area contributed by atoms with Crippen LogP contribution >= 0.6 is 0 Å². The number of carbonyl (C=O) groups is 2. The predicted molar refractivity (Wildman–Crippen MR) is 62.9 cm³/mol. The molecule has 1 aromatic carbocycles. The van der Waals surface area contributed by atoms with Gasteiger partial charge in [-0.15, -0.1) is 0 Å². The number of nitro benzene ring substituents is 1. The van der Waals surface area contributed by atoms with E-state index in [1.807, 2.05) is 0 Å². The molecule has 0 aliphatic carbocycles. The number of esters is 1. The van der Waals surface area contributed by atoms with Gasteiger partial charge in [0.25, 0.3) is 5.69 Å². The highest BCUT2D eigenvalue weighted by atomic mass is 16.6. The fraction of sp³-hybridized carbons (Fsp3) is 0.273. The van der Waals surface area contributed by atoms with Gasteiger partial charge in [0.1, 0.15) is 6.61 Å². The molecule has 1 rings (SSSR count). The van der Waals surface area contributed by atoms with Crippen molar-refractivity contribution in [1.82, 2.24) is 0 Å². The molecule has 0 saturated carbocycles. The van der Waals surface area contributed by atoms with Crippen LogP contribution in [0.2, 0.25) is 0 Å². The summed E-state index contributed by atoms with van der Waals surface area (Å²) in [5.41, 5.74) is 0.547. The van der Waals surface area contributed by atoms with Crippen molar-refractivity contribution in [3.05, 3.63) is 33.9 Å². The highest BCUT2D eigenvalue weighted by Gasteiger charge is 2.11. The quantitative estimate of drug-likeness (QED) is 0.498. The number of nitrogens with zero attached hydrogens (tertiary/aromatic N) is 1. The zero-order valence-electron chi connectivity index (χ0n) is 9.93. The summed E-state index contributed by atoms with van der Waals surface area (Å²) in [6.07, 6.45) is 0. The Labute approximate surface area is 103 Å². The van der Waals surface area contributed by atoms with Crippen molar-refractivity contribution in [2.24, 2.45) is 0 Å². The van der Waals surface area contributed by atoms with Crippen LogP contribution in [0.25, 0.3) is 0 Å². The van der Waals surface area contributed by atoms with Crippen LogP contribution < -0.4 is 5.32 Å². The van der Waals surface area contributed by atoms with Crippen molar-refractivity contribution in [2.45, 2.75) is 20.5 Å². The van der Waals surface area contributed by atoms with Crippen molar-refractivity contribution < 1.29 is 19.2 Å². The molecular formula is C11H12N2O5. The van der Waals surface area contributed by atoms with Gasteiger partial charge in [-0.2, -0.15) is 0 Å². The molecule has 18 heavy (non-hydrogen) atoms. The third kappa shape index (κ3) is 4.20. The SMILES string of the molecule is CC(=O)Nc1cc(COC(C)=O)cc([N+](=O)[O-])c1. The second-order valence-electron chi connectivity index (χ2n) is 3.61. The molecule has 1 amide bonds. The van der Waals surface area contributed by atoms with Crippen LogP contribution in [-0.4, -0.2) is 16.8 Å². The van der Waals surface area contributed by atoms with Gasteiger partial charge >= 0.3 is 5.97 Å². The van der Waals surface area contributed by atoms with E-state index < -0.39 is 10.9 Å². The number of hydrogen-bond acceptors (Lipinski definition) is 5. The van der Waals surface area contributed by atoms with Gasteiger partial charge in [0, 0.05) is 31.7 Å². The smallest absolute Gasteiger partial charge is 0.302 e. The molecule has 96 valence electrons. The zero-order valence-corrected chi connectivity index (χ0v) is 9.93. The number of non-ortho nitro benzene ring substituents is 1. The normalized spacial score (nSPS) is 9.67. The summed E-state index contributed by atoms with van der Waals surface area (Å²) in [7, 11) is 0. The minimum Gasteiger partial charge on any atom is -0.461 e. The van der Waals surface area contributed by atoms with Crippen molar-refractivity contribution in [1.29, 1.82) is 0 Å². The Morgan fingerprint density at radius 2 is 2.00 bits per heavy atom. The molecule has 0 aliphatic rings. The summed E-state index contributed by atoms with van der Waals surface area (Å²) >= 11 is 0. The lowest BCUT2D eigenvalue weighted by Crippen LogP contribution is -2.07. The van der Waals surface area contributed by atoms with Gasteiger partial charge in [-0.05, 0) is 11.6 Å². The summed E-state index contributed by atoms with van der Waals surface area (Å²) in [5.74, 6) is -0.823. The van der Waals surface area contributed by atoms with Crippen LogP contribution in [0.4, 0.5) is 11.4 Å². The highest BCUT2D eigenvalue weighted by molar-refractivity contribution is 5.89. The lowest BCUT2D eigenvalue weighted by molar-refractivity contribution is -0.384. The third-order valence-corrected chi connectivity index (χ3v) is 1.95. The molecule has 0 radical (unpaired) electrons. The fourth-order valence-corrected chi connectivity index (χ4v) is 1.32. The molecule has 0 fully saturated rings. The van der Waals surface area contributed by atoms with Crippen molar-refractivity contribution in [3.8, 4) is 0 Å². The van der Waals surface area contributed by atoms with E-state index in [2.05, 4.69) is 5.32 Å². The topological polar surface area (TPSA) is 98.5 Å². The lowest BCUT2D eigenvalue weighted by Gasteiger charge is -2.06. The number of nitro groups is 1. The first-order chi connectivity index (χ1) is 8.38. The first-order valence-electron chi connectivity index (χ1n) is 5.08. The van der Waals surface area contributed by atoms with Gasteiger partial charge in [0.2, 0.25) is 5.91 Å². The Kier molecular flexibility index (Phi) is 4.36. The molecule has 0 heterocycles. The summed E-state index contributed by atoms with van der Waals surface area (Å²) in [4.78, 5) is 31.7. The van der Waals surface area contributed by atoms with Gasteiger partial charge in [-0.25, -0.2) is 0 Å². The van der Waals surface area contributed by atoms with Crippen LogP contribution in [-0.2, 0) is 20.9 Å². The van der Waals surface area contributed by atoms with Crippen LogP contribution in [0.15, 0.2) is 18.2 Å². The third-order valence-electron chi connectivity index (χ3n) is 1.95. The molecule has 0 atom stereocenters. The lowest BCUT2D eigenvalue weighted by atomic mass is 10.2. The molecule has 0 aromatic heterocycles. The second kappa shape index (κ2) is 5.76. The second-order valence-corrected chi connectivity index (χ2v) is 3.61. The number of benzene rings is 1. The van der Waals surface area contributed by atoms with Gasteiger partial charge in [0.05, 0.1) is 4.92 Å². The highest BCUT2D eigenvalue weighted by Crippen LogP contribution is 2.21. The van der Waals surface area contributed by atoms with E-state index in [1.165, 1.54) is 32.0 Å². The van der Waals surface area contributed by atoms with Gasteiger partial charge in [-0.3, -0.25) is 19.7 Å². The molecule has 0 saturated heterocycles. The van der Waals surface area contributed by atoms with Gasteiger partial charge in [-0.1, -0.05) is 0 Å². The van der Waals surface area contributed by atoms with Crippen molar-refractivity contribution >= 4 is 23.3 Å². The molecule has 0 bridgehead atoms. The first kappa shape index (κ1) is 13.6. The number of nitrogens with one attached hydrogen (secondary N) is 1. The predicted octanol–water partition coefficient (Wildman–Crippen LogP) is 1.62. The van der Waals surface area contributed by atoms with E-state index in [1.54, 1.807) is 0 Å². The maximum Gasteiger partial charge on any atom is 0.302 e. The van der Waals surface area contributed by atoms with E-state index in [-0.39, 0.29) is 18.2 Å². The van der Waals surface area contributed by atoms with Crippen LogP contribution in [0.5, 0.6) is 0 Å². The largest absolute Gasteiger partial charge is 0.461 e. The number of hydrogen-bond donors (Lipinski definition) is 1. The Bertz CT molecular complexity index is 498. The summed E-state index contributed by atoms with van der Waals surface area (Å²) in [5, 5.41) is 13.2. The fourth-order valence-electron chi connectivity index (χ4n) is 1.32. The summed E-state index contributed by atoms with van der Waals surface area (Å²) in [6, 6.07) is 4.03. The molecule has 0 spiro atoms. The maximum absolute atomic E-state index is 10.9. The minimum absolute atomic E-state index is 0.0798. The average molecular weight is 252 g/mol. The van der Waals surface area contributed by atoms with E-state index in [0.29, 0.717) is 11.3 Å². The number of ether oxygens (including phenoxy) is 1. The molecule has 1 N–H and O–H groups in total. The van der Waals surface area contributed by atoms with E-state index >= 15 is 0 Å². The number of rotatable bonds is 4. The van der Waals surface area contributed by atoms with Crippen LogP contribution in [0, 0.1) is 10.1 Å².